The molecule has 0 saturated heterocycles. The molecule has 2 heterocycles. The average Bonchev–Trinajstić information content (AvgIpc) is 3.23. The smallest absolute Gasteiger partial charge is 0.270 e. The molecule has 8 heteroatoms. The predicted molar refractivity (Wildman–Crippen MR) is 128 cm³/mol. The molecular formula is C25H24N4O4. The fourth-order valence-corrected chi connectivity index (χ4v) is 4.60. The molecule has 3 aromatic carbocycles. The summed E-state index contributed by atoms with van der Waals surface area (Å²) in [6.07, 6.45) is 0. The van der Waals surface area contributed by atoms with Crippen LogP contribution in [0.4, 0.5) is 22.7 Å². The van der Waals surface area contributed by atoms with Crippen LogP contribution < -0.4 is 24.8 Å². The Labute approximate surface area is 191 Å². The van der Waals surface area contributed by atoms with E-state index >= 15 is 0 Å². The van der Waals surface area contributed by atoms with Gasteiger partial charge >= 0.3 is 0 Å². The molecule has 0 atom stereocenters. The molecular weight excluding hydrogens is 420 g/mol. The molecule has 1 amide bonds. The van der Waals surface area contributed by atoms with Gasteiger partial charge in [-0.2, -0.15) is 0 Å². The third-order valence-electron chi connectivity index (χ3n) is 6.16. The van der Waals surface area contributed by atoms with E-state index < -0.39 is 5.54 Å². The van der Waals surface area contributed by atoms with E-state index in [1.165, 1.54) is 0 Å². The summed E-state index contributed by atoms with van der Waals surface area (Å²) >= 11 is 0. The number of carbonyl (C=O) groups excluding carboxylic acids is 1. The number of nitrogens with zero attached hydrogens (tertiary/aromatic N) is 3. The molecule has 5 rings (SSSR count). The summed E-state index contributed by atoms with van der Waals surface area (Å²) in [6, 6.07) is 16.6. The number of amides is 1. The molecule has 2 aliphatic heterocycles. The van der Waals surface area contributed by atoms with E-state index in [2.05, 4.69) is 10.5 Å². The summed E-state index contributed by atoms with van der Waals surface area (Å²) in [5.74, 6) is 1.21. The van der Waals surface area contributed by atoms with E-state index in [0.717, 1.165) is 33.8 Å². The van der Waals surface area contributed by atoms with Crippen LogP contribution in [0.25, 0.3) is 11.1 Å². The molecule has 3 aromatic rings. The van der Waals surface area contributed by atoms with Gasteiger partial charge in [0, 0.05) is 11.1 Å². The molecule has 2 aliphatic rings. The third kappa shape index (κ3) is 3.09. The lowest BCUT2D eigenvalue weighted by atomic mass is 9.93. The maximum Gasteiger partial charge on any atom is 0.270 e. The Bertz CT molecular complexity index is 1290. The summed E-state index contributed by atoms with van der Waals surface area (Å²) in [5, 5.41) is 10.1. The van der Waals surface area contributed by atoms with Gasteiger partial charge in [-0.3, -0.25) is 9.80 Å². The van der Waals surface area contributed by atoms with Crippen molar-refractivity contribution in [2.75, 3.05) is 29.6 Å². The van der Waals surface area contributed by atoms with Crippen molar-refractivity contribution < 1.29 is 14.3 Å². The Morgan fingerprint density at radius 1 is 0.970 bits per heavy atom. The van der Waals surface area contributed by atoms with Crippen LogP contribution in [0.5, 0.6) is 11.5 Å². The highest BCUT2D eigenvalue weighted by molar-refractivity contribution is 6.12. The number of nitroso groups, excluding NO2 is 1. The minimum Gasteiger partial charge on any atom is -0.496 e. The lowest BCUT2D eigenvalue weighted by molar-refractivity contribution is -0.122. The van der Waals surface area contributed by atoms with Crippen molar-refractivity contribution in [2.24, 2.45) is 5.18 Å². The standard InChI is InChI=1S/C25H24N4O4/c1-25(2)24(30)29-23-18(14-28(29)20-7-5-6-8-22(20)33-4)16(10-11-19(23)26-25)17-13-15(27-31)9-12-21(17)32-3/h5-13,26H,14H2,1-4H3. The van der Waals surface area contributed by atoms with E-state index in [1.54, 1.807) is 37.4 Å². The number of hydrazine groups is 1. The summed E-state index contributed by atoms with van der Waals surface area (Å²) in [6.45, 7) is 4.17. The zero-order valence-electron chi connectivity index (χ0n) is 18.9. The summed E-state index contributed by atoms with van der Waals surface area (Å²) in [7, 11) is 3.21. The SMILES string of the molecule is COc1ccc(N=O)cc1-c1ccc2c3c1CN(c1ccccc1OC)N3C(=O)C(C)(C)N2. The Hall–Kier alpha value is -4.07. The molecule has 0 radical (unpaired) electrons. The van der Waals surface area contributed by atoms with Crippen LogP contribution in [-0.2, 0) is 11.3 Å². The van der Waals surface area contributed by atoms with Crippen LogP contribution >= 0.6 is 0 Å². The zero-order chi connectivity index (χ0) is 23.3. The number of hydrogen-bond donors (Lipinski definition) is 1. The molecule has 8 nitrogen and oxygen atoms in total. The number of benzene rings is 3. The first kappa shape index (κ1) is 20.8. The van der Waals surface area contributed by atoms with Crippen molar-refractivity contribution in [3.8, 4) is 22.6 Å². The highest BCUT2D eigenvalue weighted by Gasteiger charge is 2.47. The maximum absolute atomic E-state index is 13.6. The van der Waals surface area contributed by atoms with Gasteiger partial charge in [0.2, 0.25) is 0 Å². The second-order valence-electron chi connectivity index (χ2n) is 8.56. The number of para-hydroxylation sites is 2. The second kappa shape index (κ2) is 7.51. The van der Waals surface area contributed by atoms with Crippen molar-refractivity contribution in [2.45, 2.75) is 25.9 Å². The number of anilines is 3. The topological polar surface area (TPSA) is 83.5 Å². The monoisotopic (exact) mass is 444 g/mol. The Kier molecular flexibility index (Phi) is 4.74. The van der Waals surface area contributed by atoms with Gasteiger partial charge in [-0.1, -0.05) is 18.2 Å². The van der Waals surface area contributed by atoms with E-state index in [0.29, 0.717) is 23.7 Å². The van der Waals surface area contributed by atoms with Crippen LogP contribution in [0.3, 0.4) is 0 Å². The van der Waals surface area contributed by atoms with Gasteiger partial charge in [0.05, 0.1) is 32.1 Å². The average molecular weight is 444 g/mol. The van der Waals surface area contributed by atoms with Crippen molar-refractivity contribution in [1.82, 2.24) is 0 Å². The summed E-state index contributed by atoms with van der Waals surface area (Å²) in [4.78, 5) is 24.9. The number of ether oxygens (including phenoxy) is 2. The minimum absolute atomic E-state index is 0.0768. The fraction of sp³-hybridized carbons (Fsp3) is 0.240. The van der Waals surface area contributed by atoms with Gasteiger partial charge in [-0.05, 0) is 61.0 Å². The lowest BCUT2D eigenvalue weighted by Gasteiger charge is -2.41. The van der Waals surface area contributed by atoms with Crippen LogP contribution in [0, 0.1) is 4.91 Å². The number of nitrogens with one attached hydrogen (secondary N) is 1. The normalized spacial score (nSPS) is 15.7. The van der Waals surface area contributed by atoms with E-state index in [9.17, 15) is 9.70 Å². The Morgan fingerprint density at radius 2 is 1.73 bits per heavy atom. The first-order chi connectivity index (χ1) is 15.9. The van der Waals surface area contributed by atoms with Gasteiger partial charge in [0.25, 0.3) is 5.91 Å². The van der Waals surface area contributed by atoms with Crippen molar-refractivity contribution in [1.29, 1.82) is 0 Å². The molecule has 0 aliphatic carbocycles. The molecule has 0 bridgehead atoms. The molecule has 33 heavy (non-hydrogen) atoms. The van der Waals surface area contributed by atoms with Crippen LogP contribution in [0.15, 0.2) is 59.8 Å². The van der Waals surface area contributed by atoms with Gasteiger partial charge in [0.15, 0.2) is 0 Å². The largest absolute Gasteiger partial charge is 0.496 e. The molecule has 0 saturated carbocycles. The molecule has 0 aromatic heterocycles. The van der Waals surface area contributed by atoms with Crippen LogP contribution in [0.2, 0.25) is 0 Å². The third-order valence-corrected chi connectivity index (χ3v) is 6.16. The first-order valence-corrected chi connectivity index (χ1v) is 10.6. The highest BCUT2D eigenvalue weighted by Crippen LogP contribution is 2.51. The van der Waals surface area contributed by atoms with Crippen molar-refractivity contribution >= 4 is 28.7 Å². The highest BCUT2D eigenvalue weighted by atomic mass is 16.5. The lowest BCUT2D eigenvalue weighted by Crippen LogP contribution is -2.57. The minimum atomic E-state index is -0.796. The number of hydrogen-bond acceptors (Lipinski definition) is 7. The maximum atomic E-state index is 13.6. The zero-order valence-corrected chi connectivity index (χ0v) is 18.9. The van der Waals surface area contributed by atoms with Crippen LogP contribution in [0.1, 0.15) is 19.4 Å². The van der Waals surface area contributed by atoms with E-state index in [1.807, 2.05) is 55.3 Å². The second-order valence-corrected chi connectivity index (χ2v) is 8.56. The van der Waals surface area contributed by atoms with Gasteiger partial charge in [-0.15, -0.1) is 4.91 Å². The molecule has 0 unspecified atom stereocenters. The van der Waals surface area contributed by atoms with E-state index in [-0.39, 0.29) is 5.91 Å². The summed E-state index contributed by atoms with van der Waals surface area (Å²) in [5.41, 5.74) is 4.50. The fourth-order valence-electron chi connectivity index (χ4n) is 4.60. The van der Waals surface area contributed by atoms with E-state index in [4.69, 9.17) is 9.47 Å². The van der Waals surface area contributed by atoms with Crippen molar-refractivity contribution in [3.05, 3.63) is 65.1 Å². The Balaban J connectivity index is 1.76. The molecule has 0 spiro atoms. The van der Waals surface area contributed by atoms with Gasteiger partial charge in [0.1, 0.15) is 28.4 Å². The molecule has 0 fully saturated rings. The predicted octanol–water partition coefficient (Wildman–Crippen LogP) is 5.24. The number of carbonyl (C=O) groups is 1. The van der Waals surface area contributed by atoms with Crippen LogP contribution in [-0.4, -0.2) is 25.7 Å². The first-order valence-electron chi connectivity index (χ1n) is 10.6. The quantitative estimate of drug-likeness (QED) is 0.542. The van der Waals surface area contributed by atoms with Gasteiger partial charge in [-0.25, -0.2) is 5.01 Å². The Morgan fingerprint density at radius 3 is 2.45 bits per heavy atom. The molecule has 168 valence electrons. The molecule has 1 N–H and O–H groups in total. The number of rotatable bonds is 5. The number of methoxy groups -OCH3 is 2. The summed E-state index contributed by atoms with van der Waals surface area (Å²) < 4.78 is 11.2. The van der Waals surface area contributed by atoms with Gasteiger partial charge < -0.3 is 14.8 Å². The van der Waals surface area contributed by atoms with Crippen molar-refractivity contribution in [3.63, 3.8) is 0 Å².